The smallest absolute Gasteiger partial charge is 0.409 e. The van der Waals surface area contributed by atoms with Crippen molar-refractivity contribution in [1.29, 1.82) is 0 Å². The summed E-state index contributed by atoms with van der Waals surface area (Å²) >= 11 is 0. The first-order valence-electron chi connectivity index (χ1n) is 6.06. The summed E-state index contributed by atoms with van der Waals surface area (Å²) in [6.07, 6.45) is -2.31. The first-order chi connectivity index (χ1) is 9.41. The van der Waals surface area contributed by atoms with Crippen LogP contribution in [0.1, 0.15) is 25.0 Å². The van der Waals surface area contributed by atoms with Gasteiger partial charge in [-0.05, 0) is 25.0 Å². The first kappa shape index (κ1) is 14.4. The Bertz CT molecular complexity index is 484. The van der Waals surface area contributed by atoms with E-state index in [2.05, 4.69) is 15.4 Å². The molecule has 3 N–H and O–H groups in total. The molecule has 20 heavy (non-hydrogen) atoms. The predicted octanol–water partition coefficient (Wildman–Crippen LogP) is 1.60. The standard InChI is InChI=1S/C11H14F3N5O/c12-11(13,14)8-3-4-10(17-16-8)19(7-1-2-7)6-5-9(15)18-20/h3-4,7,20H,1-2,5-6H2,(H2,15,18). The van der Waals surface area contributed by atoms with E-state index < -0.39 is 11.9 Å². The third-order valence-electron chi connectivity index (χ3n) is 2.96. The van der Waals surface area contributed by atoms with Crippen LogP contribution in [0.4, 0.5) is 19.0 Å². The summed E-state index contributed by atoms with van der Waals surface area (Å²) < 4.78 is 37.2. The number of rotatable bonds is 5. The van der Waals surface area contributed by atoms with Crippen LogP contribution in [0, 0.1) is 0 Å². The summed E-state index contributed by atoms with van der Waals surface area (Å²) in [5.74, 6) is 0.432. The maximum Gasteiger partial charge on any atom is 0.435 e. The zero-order chi connectivity index (χ0) is 14.8. The zero-order valence-corrected chi connectivity index (χ0v) is 10.5. The van der Waals surface area contributed by atoms with Gasteiger partial charge in [-0.15, -0.1) is 10.2 Å². The highest BCUT2D eigenvalue weighted by Crippen LogP contribution is 2.32. The van der Waals surface area contributed by atoms with Crippen LogP contribution < -0.4 is 10.6 Å². The second-order valence-electron chi connectivity index (χ2n) is 4.54. The molecule has 110 valence electrons. The maximum atomic E-state index is 12.4. The minimum absolute atomic E-state index is 0.0653. The van der Waals surface area contributed by atoms with E-state index in [0.717, 1.165) is 18.9 Å². The van der Waals surface area contributed by atoms with Gasteiger partial charge in [-0.3, -0.25) is 0 Å². The molecule has 0 amide bonds. The average molecular weight is 289 g/mol. The van der Waals surface area contributed by atoms with Crippen molar-refractivity contribution < 1.29 is 18.4 Å². The highest BCUT2D eigenvalue weighted by molar-refractivity contribution is 5.80. The Hall–Kier alpha value is -2.06. The van der Waals surface area contributed by atoms with Crippen LogP contribution in [-0.2, 0) is 6.18 Å². The fourth-order valence-electron chi connectivity index (χ4n) is 1.78. The fourth-order valence-corrected chi connectivity index (χ4v) is 1.78. The summed E-state index contributed by atoms with van der Waals surface area (Å²) in [5, 5.41) is 18.2. The Balaban J connectivity index is 2.09. The molecule has 1 aromatic rings. The summed E-state index contributed by atoms with van der Waals surface area (Å²) in [6.45, 7) is 0.417. The van der Waals surface area contributed by atoms with Crippen molar-refractivity contribution in [3.05, 3.63) is 17.8 Å². The number of oxime groups is 1. The minimum Gasteiger partial charge on any atom is -0.409 e. The quantitative estimate of drug-likeness (QED) is 0.372. The number of alkyl halides is 3. The van der Waals surface area contributed by atoms with Gasteiger partial charge in [0, 0.05) is 19.0 Å². The molecule has 1 aliphatic rings. The number of halogens is 3. The molecule has 0 bridgehead atoms. The maximum absolute atomic E-state index is 12.4. The van der Waals surface area contributed by atoms with Crippen molar-refractivity contribution in [3.63, 3.8) is 0 Å². The van der Waals surface area contributed by atoms with E-state index in [-0.39, 0.29) is 11.9 Å². The van der Waals surface area contributed by atoms with Crippen molar-refractivity contribution in [2.24, 2.45) is 10.9 Å². The van der Waals surface area contributed by atoms with Gasteiger partial charge >= 0.3 is 6.18 Å². The Labute approximate surface area is 113 Å². The number of aromatic nitrogens is 2. The summed E-state index contributed by atoms with van der Waals surface area (Å²) in [6, 6.07) is 2.43. The molecule has 0 saturated heterocycles. The molecule has 1 saturated carbocycles. The predicted molar refractivity (Wildman–Crippen MR) is 65.4 cm³/mol. The fraction of sp³-hybridized carbons (Fsp3) is 0.545. The van der Waals surface area contributed by atoms with E-state index in [1.165, 1.54) is 6.07 Å². The lowest BCUT2D eigenvalue weighted by atomic mass is 10.3. The Morgan fingerprint density at radius 1 is 1.40 bits per heavy atom. The highest BCUT2D eigenvalue weighted by atomic mass is 19.4. The van der Waals surface area contributed by atoms with Crippen molar-refractivity contribution in [2.75, 3.05) is 11.4 Å². The molecule has 0 spiro atoms. The molecule has 0 aromatic carbocycles. The Morgan fingerprint density at radius 2 is 2.10 bits per heavy atom. The number of amidine groups is 1. The largest absolute Gasteiger partial charge is 0.435 e. The second kappa shape index (κ2) is 5.51. The van der Waals surface area contributed by atoms with Gasteiger partial charge in [-0.2, -0.15) is 13.2 Å². The van der Waals surface area contributed by atoms with Crippen molar-refractivity contribution in [3.8, 4) is 0 Å². The van der Waals surface area contributed by atoms with Crippen molar-refractivity contribution in [1.82, 2.24) is 10.2 Å². The lowest BCUT2D eigenvalue weighted by Gasteiger charge is -2.22. The molecule has 6 nitrogen and oxygen atoms in total. The number of anilines is 1. The Morgan fingerprint density at radius 3 is 2.55 bits per heavy atom. The lowest BCUT2D eigenvalue weighted by Crippen LogP contribution is -2.31. The van der Waals surface area contributed by atoms with Crippen LogP contribution in [0.5, 0.6) is 0 Å². The second-order valence-corrected chi connectivity index (χ2v) is 4.54. The number of hydrogen-bond donors (Lipinski definition) is 2. The number of nitrogens with zero attached hydrogens (tertiary/aromatic N) is 4. The van der Waals surface area contributed by atoms with Gasteiger partial charge < -0.3 is 15.8 Å². The van der Waals surface area contributed by atoms with Crippen LogP contribution in [0.25, 0.3) is 0 Å². The number of nitrogens with two attached hydrogens (primary N) is 1. The lowest BCUT2D eigenvalue weighted by molar-refractivity contribution is -0.141. The third kappa shape index (κ3) is 3.49. The molecular formula is C11H14F3N5O. The first-order valence-corrected chi connectivity index (χ1v) is 6.06. The molecule has 0 atom stereocenters. The van der Waals surface area contributed by atoms with Crippen LogP contribution in [0.2, 0.25) is 0 Å². The van der Waals surface area contributed by atoms with E-state index in [0.29, 0.717) is 18.8 Å². The molecule has 0 radical (unpaired) electrons. The van der Waals surface area contributed by atoms with Gasteiger partial charge in [0.2, 0.25) is 0 Å². The van der Waals surface area contributed by atoms with Crippen LogP contribution in [0.15, 0.2) is 17.3 Å². The molecule has 0 unspecified atom stereocenters. The molecule has 1 aromatic heterocycles. The zero-order valence-electron chi connectivity index (χ0n) is 10.5. The third-order valence-corrected chi connectivity index (χ3v) is 2.96. The van der Waals surface area contributed by atoms with Crippen molar-refractivity contribution in [2.45, 2.75) is 31.5 Å². The van der Waals surface area contributed by atoms with E-state index in [9.17, 15) is 13.2 Å². The molecule has 1 aliphatic carbocycles. The van der Waals surface area contributed by atoms with Crippen molar-refractivity contribution >= 4 is 11.7 Å². The molecular weight excluding hydrogens is 275 g/mol. The highest BCUT2D eigenvalue weighted by Gasteiger charge is 2.34. The van der Waals surface area contributed by atoms with Gasteiger partial charge in [0.1, 0.15) is 5.84 Å². The summed E-state index contributed by atoms with van der Waals surface area (Å²) in [7, 11) is 0. The van der Waals surface area contributed by atoms with E-state index in [1.807, 2.05) is 4.90 Å². The molecule has 9 heteroatoms. The van der Waals surface area contributed by atoms with Gasteiger partial charge in [-0.1, -0.05) is 5.16 Å². The molecule has 2 rings (SSSR count). The van der Waals surface area contributed by atoms with Crippen LogP contribution in [0.3, 0.4) is 0 Å². The topological polar surface area (TPSA) is 87.6 Å². The minimum atomic E-state index is -4.50. The van der Waals surface area contributed by atoms with E-state index in [1.54, 1.807) is 0 Å². The molecule has 1 fully saturated rings. The molecule has 0 aliphatic heterocycles. The summed E-state index contributed by atoms with van der Waals surface area (Å²) in [4.78, 5) is 1.82. The van der Waals surface area contributed by atoms with Crippen LogP contribution in [-0.4, -0.2) is 33.8 Å². The number of hydrogen-bond acceptors (Lipinski definition) is 5. The summed E-state index contributed by atoms with van der Waals surface area (Å²) in [5.41, 5.74) is 4.37. The van der Waals surface area contributed by atoms with Gasteiger partial charge in [-0.25, -0.2) is 0 Å². The normalized spacial score (nSPS) is 16.2. The van der Waals surface area contributed by atoms with Gasteiger partial charge in [0.05, 0.1) is 0 Å². The van der Waals surface area contributed by atoms with E-state index in [4.69, 9.17) is 10.9 Å². The van der Waals surface area contributed by atoms with Crippen LogP contribution >= 0.6 is 0 Å². The van der Waals surface area contributed by atoms with Gasteiger partial charge in [0.15, 0.2) is 11.5 Å². The monoisotopic (exact) mass is 289 g/mol. The van der Waals surface area contributed by atoms with Gasteiger partial charge in [0.25, 0.3) is 0 Å². The molecule has 1 heterocycles. The SMILES string of the molecule is N/C(CCN(c1ccc(C(F)(F)F)nn1)C1CC1)=N/O. The Kier molecular flexibility index (Phi) is 3.96. The van der Waals surface area contributed by atoms with E-state index >= 15 is 0 Å². The average Bonchev–Trinajstić information content (AvgIpc) is 3.23.